The van der Waals surface area contributed by atoms with Crippen LogP contribution in [0.15, 0.2) is 84.0 Å². The number of anilines is 1. The molecule has 3 aromatic rings. The summed E-state index contributed by atoms with van der Waals surface area (Å²) in [5, 5.41) is 14.8. The van der Waals surface area contributed by atoms with Gasteiger partial charge in [-0.25, -0.2) is 0 Å². The van der Waals surface area contributed by atoms with E-state index < -0.39 is 4.92 Å². The molecule has 0 bridgehead atoms. The molecular formula is C20H17N3O3. The molecule has 3 aromatic carbocycles. The first kappa shape index (κ1) is 17.2. The fourth-order valence-corrected chi connectivity index (χ4v) is 2.26. The second kappa shape index (κ2) is 8.43. The molecule has 0 unspecified atom stereocenters. The molecule has 130 valence electrons. The van der Waals surface area contributed by atoms with Gasteiger partial charge in [-0.1, -0.05) is 36.4 Å². The van der Waals surface area contributed by atoms with Gasteiger partial charge in [0.15, 0.2) is 0 Å². The van der Waals surface area contributed by atoms with Crippen LogP contribution in [-0.2, 0) is 6.61 Å². The number of hydrogen-bond acceptors (Lipinski definition) is 5. The average Bonchev–Trinajstić information content (AvgIpc) is 2.68. The maximum absolute atomic E-state index is 10.8. The van der Waals surface area contributed by atoms with Gasteiger partial charge in [-0.2, -0.15) is 5.10 Å². The monoisotopic (exact) mass is 347 g/mol. The number of hydrazone groups is 1. The molecule has 6 heteroatoms. The number of nitrogens with zero attached hydrogens (tertiary/aromatic N) is 2. The Balaban J connectivity index is 1.54. The molecule has 0 fully saturated rings. The highest BCUT2D eigenvalue weighted by molar-refractivity contribution is 5.80. The van der Waals surface area contributed by atoms with Crippen molar-refractivity contribution in [1.29, 1.82) is 0 Å². The van der Waals surface area contributed by atoms with Crippen molar-refractivity contribution in [3.05, 3.63) is 100 Å². The predicted octanol–water partition coefficient (Wildman–Crippen LogP) is 4.62. The van der Waals surface area contributed by atoms with Crippen LogP contribution in [0.2, 0.25) is 0 Å². The number of benzene rings is 3. The van der Waals surface area contributed by atoms with E-state index in [0.717, 1.165) is 16.9 Å². The zero-order chi connectivity index (χ0) is 18.2. The van der Waals surface area contributed by atoms with E-state index in [1.54, 1.807) is 18.3 Å². The topological polar surface area (TPSA) is 76.8 Å². The van der Waals surface area contributed by atoms with Crippen LogP contribution >= 0.6 is 0 Å². The van der Waals surface area contributed by atoms with Crippen molar-refractivity contribution in [1.82, 2.24) is 0 Å². The van der Waals surface area contributed by atoms with Crippen LogP contribution in [0.3, 0.4) is 0 Å². The normalized spacial score (nSPS) is 10.6. The van der Waals surface area contributed by atoms with Crippen molar-refractivity contribution in [2.75, 3.05) is 5.43 Å². The number of rotatable bonds is 7. The number of ether oxygens (including phenoxy) is 1. The van der Waals surface area contributed by atoms with E-state index in [-0.39, 0.29) is 5.69 Å². The fourth-order valence-electron chi connectivity index (χ4n) is 2.26. The van der Waals surface area contributed by atoms with Crippen LogP contribution in [0.25, 0.3) is 0 Å². The lowest BCUT2D eigenvalue weighted by atomic mass is 10.2. The highest BCUT2D eigenvalue weighted by atomic mass is 16.6. The number of non-ortho nitro benzene ring substituents is 1. The minimum Gasteiger partial charge on any atom is -0.489 e. The molecule has 0 heterocycles. The smallest absolute Gasteiger partial charge is 0.271 e. The van der Waals surface area contributed by atoms with Gasteiger partial charge in [0.25, 0.3) is 5.69 Å². The number of nitro benzene ring substituents is 1. The summed E-state index contributed by atoms with van der Waals surface area (Å²) < 4.78 is 5.73. The van der Waals surface area contributed by atoms with Crippen LogP contribution in [0.5, 0.6) is 5.75 Å². The maximum Gasteiger partial charge on any atom is 0.271 e. The Labute approximate surface area is 150 Å². The van der Waals surface area contributed by atoms with E-state index in [1.165, 1.54) is 12.1 Å². The van der Waals surface area contributed by atoms with Crippen molar-refractivity contribution < 1.29 is 9.66 Å². The number of hydrogen-bond donors (Lipinski definition) is 1. The van der Waals surface area contributed by atoms with E-state index in [9.17, 15) is 10.1 Å². The standard InChI is InChI=1S/C20H17N3O3/c24-23(25)19-8-4-7-18(13-19)22-21-14-16-9-11-20(12-10-16)26-15-17-5-2-1-3-6-17/h1-14,22H,15H2. The zero-order valence-corrected chi connectivity index (χ0v) is 13.9. The molecule has 6 nitrogen and oxygen atoms in total. The van der Waals surface area contributed by atoms with E-state index in [4.69, 9.17) is 4.74 Å². The second-order valence-electron chi connectivity index (χ2n) is 5.52. The summed E-state index contributed by atoms with van der Waals surface area (Å²) in [6.07, 6.45) is 1.64. The van der Waals surface area contributed by atoms with Crippen LogP contribution in [0.1, 0.15) is 11.1 Å². The van der Waals surface area contributed by atoms with Crippen molar-refractivity contribution in [3.63, 3.8) is 0 Å². The lowest BCUT2D eigenvalue weighted by Gasteiger charge is -2.06. The Hall–Kier alpha value is -3.67. The molecule has 0 spiro atoms. The molecule has 0 aliphatic rings. The Morgan fingerprint density at radius 2 is 1.77 bits per heavy atom. The van der Waals surface area contributed by atoms with E-state index in [0.29, 0.717) is 12.3 Å². The first-order valence-corrected chi connectivity index (χ1v) is 8.01. The van der Waals surface area contributed by atoms with Crippen molar-refractivity contribution >= 4 is 17.6 Å². The first-order chi connectivity index (χ1) is 12.7. The summed E-state index contributed by atoms with van der Waals surface area (Å²) >= 11 is 0. The Morgan fingerprint density at radius 3 is 2.50 bits per heavy atom. The molecule has 0 aromatic heterocycles. The van der Waals surface area contributed by atoms with E-state index in [2.05, 4.69) is 10.5 Å². The Morgan fingerprint density at radius 1 is 1.00 bits per heavy atom. The highest BCUT2D eigenvalue weighted by Crippen LogP contribution is 2.17. The molecule has 0 saturated heterocycles. The number of nitro groups is 1. The molecule has 3 rings (SSSR count). The van der Waals surface area contributed by atoms with Crippen LogP contribution in [-0.4, -0.2) is 11.1 Å². The zero-order valence-electron chi connectivity index (χ0n) is 13.9. The molecular weight excluding hydrogens is 330 g/mol. The summed E-state index contributed by atoms with van der Waals surface area (Å²) in [5.41, 5.74) is 5.35. The van der Waals surface area contributed by atoms with Gasteiger partial charge in [-0.15, -0.1) is 0 Å². The van der Waals surface area contributed by atoms with Gasteiger partial charge in [0.2, 0.25) is 0 Å². The van der Waals surface area contributed by atoms with Crippen LogP contribution in [0, 0.1) is 10.1 Å². The third kappa shape index (κ3) is 4.91. The van der Waals surface area contributed by atoms with Gasteiger partial charge in [-0.3, -0.25) is 15.5 Å². The van der Waals surface area contributed by atoms with E-state index >= 15 is 0 Å². The van der Waals surface area contributed by atoms with Gasteiger partial charge in [0, 0.05) is 12.1 Å². The molecule has 26 heavy (non-hydrogen) atoms. The minimum atomic E-state index is -0.441. The quantitative estimate of drug-likeness (QED) is 0.384. The maximum atomic E-state index is 10.8. The lowest BCUT2D eigenvalue weighted by Crippen LogP contribution is -1.95. The molecule has 0 amide bonds. The summed E-state index contributed by atoms with van der Waals surface area (Å²) in [5.74, 6) is 0.776. The van der Waals surface area contributed by atoms with Crippen LogP contribution in [0.4, 0.5) is 11.4 Å². The van der Waals surface area contributed by atoms with E-state index in [1.807, 2.05) is 54.6 Å². The van der Waals surface area contributed by atoms with Gasteiger partial charge in [0.05, 0.1) is 16.8 Å². The molecule has 0 atom stereocenters. The highest BCUT2D eigenvalue weighted by Gasteiger charge is 2.04. The predicted molar refractivity (Wildman–Crippen MR) is 102 cm³/mol. The molecule has 0 aliphatic carbocycles. The fraction of sp³-hybridized carbons (Fsp3) is 0.0500. The SMILES string of the molecule is O=[N+]([O-])c1cccc(NN=Cc2ccc(OCc3ccccc3)cc2)c1. The van der Waals surface area contributed by atoms with Gasteiger partial charge in [0.1, 0.15) is 12.4 Å². The Kier molecular flexibility index (Phi) is 5.57. The summed E-state index contributed by atoms with van der Waals surface area (Å²) in [6.45, 7) is 0.516. The average molecular weight is 347 g/mol. The minimum absolute atomic E-state index is 0.0186. The van der Waals surface area contributed by atoms with Gasteiger partial charge < -0.3 is 4.74 Å². The number of nitrogens with one attached hydrogen (secondary N) is 1. The molecule has 0 aliphatic heterocycles. The largest absolute Gasteiger partial charge is 0.489 e. The van der Waals surface area contributed by atoms with Crippen molar-refractivity contribution in [2.24, 2.45) is 5.10 Å². The molecule has 0 radical (unpaired) electrons. The van der Waals surface area contributed by atoms with Crippen molar-refractivity contribution in [3.8, 4) is 5.75 Å². The second-order valence-corrected chi connectivity index (χ2v) is 5.52. The van der Waals surface area contributed by atoms with Gasteiger partial charge >= 0.3 is 0 Å². The summed E-state index contributed by atoms with van der Waals surface area (Å²) in [7, 11) is 0. The molecule has 1 N–H and O–H groups in total. The summed E-state index contributed by atoms with van der Waals surface area (Å²) in [6, 6.07) is 23.7. The van der Waals surface area contributed by atoms with Crippen molar-refractivity contribution in [2.45, 2.75) is 6.61 Å². The van der Waals surface area contributed by atoms with Crippen LogP contribution < -0.4 is 10.2 Å². The third-order valence-corrected chi connectivity index (χ3v) is 3.59. The first-order valence-electron chi connectivity index (χ1n) is 8.01. The lowest BCUT2D eigenvalue weighted by molar-refractivity contribution is -0.384. The summed E-state index contributed by atoms with van der Waals surface area (Å²) in [4.78, 5) is 10.3. The molecule has 0 saturated carbocycles. The Bertz CT molecular complexity index is 894. The van der Waals surface area contributed by atoms with Gasteiger partial charge in [-0.05, 0) is 41.5 Å². The third-order valence-electron chi connectivity index (χ3n) is 3.59.